The molecule has 1 aromatic carbocycles. The van der Waals surface area contributed by atoms with Gasteiger partial charge in [0.15, 0.2) is 0 Å². The summed E-state index contributed by atoms with van der Waals surface area (Å²) in [4.78, 5) is 12.9. The molecule has 1 aliphatic rings. The minimum absolute atomic E-state index is 0.103. The number of benzene rings is 1. The predicted molar refractivity (Wildman–Crippen MR) is 65.6 cm³/mol. The minimum Gasteiger partial charge on any atom is -0.397 e. The Labute approximate surface area is 107 Å². The number of thiol groups is 1. The van der Waals surface area contributed by atoms with Crippen LogP contribution in [0.25, 0.3) is 0 Å². The third kappa shape index (κ3) is 2.40. The Morgan fingerprint density at radius 1 is 1.39 bits per heavy atom. The summed E-state index contributed by atoms with van der Waals surface area (Å²) in [6.45, 7) is 0.271. The maximum absolute atomic E-state index is 12.6. The number of alkyl halides is 3. The van der Waals surface area contributed by atoms with Gasteiger partial charge in [-0.15, -0.1) is 0 Å². The van der Waals surface area contributed by atoms with E-state index >= 15 is 0 Å². The van der Waals surface area contributed by atoms with Crippen molar-refractivity contribution in [2.45, 2.75) is 17.8 Å². The van der Waals surface area contributed by atoms with Gasteiger partial charge in [-0.3, -0.25) is 4.79 Å². The van der Waals surface area contributed by atoms with Crippen LogP contribution in [0.15, 0.2) is 18.2 Å². The van der Waals surface area contributed by atoms with Gasteiger partial charge >= 0.3 is 6.18 Å². The molecule has 1 atom stereocenters. The topological polar surface area (TPSA) is 46.3 Å². The first-order chi connectivity index (χ1) is 8.29. The first-order valence-corrected chi connectivity index (χ1v) is 5.76. The Kier molecular flexibility index (Phi) is 3.18. The van der Waals surface area contributed by atoms with Gasteiger partial charge in [-0.2, -0.15) is 25.8 Å². The Morgan fingerprint density at radius 3 is 2.56 bits per heavy atom. The van der Waals surface area contributed by atoms with Crippen LogP contribution in [0.2, 0.25) is 0 Å². The summed E-state index contributed by atoms with van der Waals surface area (Å²) < 4.78 is 37.8. The van der Waals surface area contributed by atoms with Crippen molar-refractivity contribution in [2.75, 3.05) is 17.2 Å². The second-order valence-corrected chi connectivity index (χ2v) is 4.86. The first-order valence-electron chi connectivity index (χ1n) is 5.24. The minimum atomic E-state index is -4.45. The number of rotatable bonds is 1. The van der Waals surface area contributed by atoms with E-state index in [1.807, 2.05) is 0 Å². The predicted octanol–water partition coefficient (Wildman–Crippen LogP) is 2.32. The van der Waals surface area contributed by atoms with Gasteiger partial charge in [0.25, 0.3) is 0 Å². The van der Waals surface area contributed by atoms with E-state index in [0.29, 0.717) is 0 Å². The molecule has 0 spiro atoms. The van der Waals surface area contributed by atoms with Gasteiger partial charge in [0, 0.05) is 18.2 Å². The van der Waals surface area contributed by atoms with E-state index in [-0.39, 0.29) is 35.5 Å². The Hall–Kier alpha value is -1.37. The summed E-state index contributed by atoms with van der Waals surface area (Å²) in [5.41, 5.74) is 5.07. The van der Waals surface area contributed by atoms with Gasteiger partial charge in [0.2, 0.25) is 5.91 Å². The van der Waals surface area contributed by atoms with Crippen molar-refractivity contribution in [1.82, 2.24) is 0 Å². The van der Waals surface area contributed by atoms with E-state index in [9.17, 15) is 18.0 Å². The summed E-state index contributed by atoms with van der Waals surface area (Å²) in [5.74, 6) is -0.263. The maximum Gasteiger partial charge on any atom is 0.416 e. The number of halogens is 3. The molecule has 1 fully saturated rings. The molecule has 1 aliphatic heterocycles. The molecule has 1 heterocycles. The van der Waals surface area contributed by atoms with E-state index in [1.54, 1.807) is 0 Å². The number of amides is 1. The lowest BCUT2D eigenvalue weighted by molar-refractivity contribution is -0.137. The van der Waals surface area contributed by atoms with Gasteiger partial charge in [-0.25, -0.2) is 0 Å². The summed E-state index contributed by atoms with van der Waals surface area (Å²) in [6.07, 6.45) is -4.25. The molecule has 2 N–H and O–H groups in total. The van der Waals surface area contributed by atoms with Crippen LogP contribution >= 0.6 is 12.6 Å². The van der Waals surface area contributed by atoms with Crippen molar-refractivity contribution >= 4 is 29.9 Å². The summed E-state index contributed by atoms with van der Waals surface area (Å²) in [6, 6.07) is 2.97. The third-order valence-corrected chi connectivity index (χ3v) is 3.10. The second kappa shape index (κ2) is 4.38. The van der Waals surface area contributed by atoms with Crippen LogP contribution in [0.3, 0.4) is 0 Å². The van der Waals surface area contributed by atoms with Crippen molar-refractivity contribution in [3.05, 3.63) is 23.8 Å². The normalized spacial score (nSPS) is 20.6. The van der Waals surface area contributed by atoms with Crippen molar-refractivity contribution < 1.29 is 18.0 Å². The van der Waals surface area contributed by atoms with E-state index < -0.39 is 11.7 Å². The summed E-state index contributed by atoms with van der Waals surface area (Å²) in [5, 5.41) is -0.175. The summed E-state index contributed by atoms with van der Waals surface area (Å²) in [7, 11) is 0. The van der Waals surface area contributed by atoms with Gasteiger partial charge in [-0.05, 0) is 18.2 Å². The number of nitrogens with two attached hydrogens (primary N) is 1. The molecular formula is C11H11F3N2OS. The standard InChI is InChI=1S/C11H11F3N2OS/c12-11(13,14)6-1-2-8(15)9(3-6)16-5-7(18)4-10(16)17/h1-3,7,18H,4-5,15H2. The quantitative estimate of drug-likeness (QED) is 0.611. The van der Waals surface area contributed by atoms with E-state index in [1.165, 1.54) is 4.90 Å². The first kappa shape index (κ1) is 13.1. The van der Waals surface area contributed by atoms with Crippen LogP contribution in [0.4, 0.5) is 24.5 Å². The van der Waals surface area contributed by atoms with Gasteiger partial charge in [-0.1, -0.05) is 0 Å². The van der Waals surface area contributed by atoms with Crippen LogP contribution < -0.4 is 10.6 Å². The highest BCUT2D eigenvalue weighted by Crippen LogP contribution is 2.36. The van der Waals surface area contributed by atoms with Crippen LogP contribution in [-0.2, 0) is 11.0 Å². The maximum atomic E-state index is 12.6. The van der Waals surface area contributed by atoms with E-state index in [2.05, 4.69) is 12.6 Å². The van der Waals surface area contributed by atoms with Crippen molar-refractivity contribution in [2.24, 2.45) is 0 Å². The highest BCUT2D eigenvalue weighted by atomic mass is 32.1. The monoisotopic (exact) mass is 276 g/mol. The number of carbonyl (C=O) groups is 1. The fourth-order valence-electron chi connectivity index (χ4n) is 1.88. The number of anilines is 2. The molecule has 2 rings (SSSR count). The second-order valence-electron chi connectivity index (χ2n) is 4.13. The largest absolute Gasteiger partial charge is 0.416 e. The molecule has 1 unspecified atom stereocenters. The Balaban J connectivity index is 2.41. The molecule has 7 heteroatoms. The number of carbonyl (C=O) groups excluding carboxylic acids is 1. The van der Waals surface area contributed by atoms with Crippen molar-refractivity contribution in [3.8, 4) is 0 Å². The molecule has 0 bridgehead atoms. The lowest BCUT2D eigenvalue weighted by atomic mass is 10.1. The van der Waals surface area contributed by atoms with Crippen LogP contribution in [0, 0.1) is 0 Å². The molecule has 1 aromatic rings. The molecular weight excluding hydrogens is 265 g/mol. The summed E-state index contributed by atoms with van der Waals surface area (Å²) >= 11 is 4.15. The number of nitrogen functional groups attached to an aromatic ring is 1. The fourth-order valence-corrected chi connectivity index (χ4v) is 2.19. The smallest absolute Gasteiger partial charge is 0.397 e. The van der Waals surface area contributed by atoms with Crippen LogP contribution in [-0.4, -0.2) is 17.7 Å². The lowest BCUT2D eigenvalue weighted by Gasteiger charge is -2.20. The number of hydrogen-bond acceptors (Lipinski definition) is 3. The van der Waals surface area contributed by atoms with Crippen molar-refractivity contribution in [1.29, 1.82) is 0 Å². The Morgan fingerprint density at radius 2 is 2.06 bits per heavy atom. The van der Waals surface area contributed by atoms with Crippen molar-refractivity contribution in [3.63, 3.8) is 0 Å². The molecule has 1 amide bonds. The number of hydrogen-bond donors (Lipinski definition) is 2. The third-order valence-electron chi connectivity index (χ3n) is 2.75. The zero-order valence-corrected chi connectivity index (χ0v) is 10.1. The zero-order valence-electron chi connectivity index (χ0n) is 9.24. The molecule has 1 saturated heterocycles. The lowest BCUT2D eigenvalue weighted by Crippen LogP contribution is -2.26. The molecule has 0 saturated carbocycles. The van der Waals surface area contributed by atoms with E-state index in [0.717, 1.165) is 18.2 Å². The SMILES string of the molecule is Nc1ccc(C(F)(F)F)cc1N1CC(S)CC1=O. The Bertz CT molecular complexity index is 490. The van der Waals surface area contributed by atoms with Gasteiger partial charge < -0.3 is 10.6 Å². The average Bonchev–Trinajstić information content (AvgIpc) is 2.56. The van der Waals surface area contributed by atoms with Gasteiger partial charge in [0.05, 0.1) is 16.9 Å². The average molecular weight is 276 g/mol. The highest BCUT2D eigenvalue weighted by Gasteiger charge is 2.34. The fraction of sp³-hybridized carbons (Fsp3) is 0.364. The molecule has 18 heavy (non-hydrogen) atoms. The highest BCUT2D eigenvalue weighted by molar-refractivity contribution is 7.81. The molecule has 98 valence electrons. The van der Waals surface area contributed by atoms with Gasteiger partial charge in [0.1, 0.15) is 0 Å². The van der Waals surface area contributed by atoms with Crippen LogP contribution in [0.1, 0.15) is 12.0 Å². The molecule has 0 radical (unpaired) electrons. The number of nitrogens with zero attached hydrogens (tertiary/aromatic N) is 1. The molecule has 0 aromatic heterocycles. The molecule has 0 aliphatic carbocycles. The zero-order chi connectivity index (χ0) is 13.5. The molecule has 3 nitrogen and oxygen atoms in total. The van der Waals surface area contributed by atoms with E-state index in [4.69, 9.17) is 5.73 Å². The van der Waals surface area contributed by atoms with Crippen LogP contribution in [0.5, 0.6) is 0 Å².